The zero-order chi connectivity index (χ0) is 14.8. The van der Waals surface area contributed by atoms with Gasteiger partial charge in [0.15, 0.2) is 11.6 Å². The number of aromatic nitrogens is 2. The zero-order valence-corrected chi connectivity index (χ0v) is 11.0. The van der Waals surface area contributed by atoms with Crippen molar-refractivity contribution < 1.29 is 14.0 Å². The summed E-state index contributed by atoms with van der Waals surface area (Å²) >= 11 is 0. The smallest absolute Gasteiger partial charge is 0.174 e. The van der Waals surface area contributed by atoms with Gasteiger partial charge in [0, 0.05) is 11.8 Å². The van der Waals surface area contributed by atoms with E-state index in [9.17, 15) is 14.0 Å². The number of rotatable bonds is 4. The van der Waals surface area contributed by atoms with Gasteiger partial charge in [-0.25, -0.2) is 8.91 Å². The van der Waals surface area contributed by atoms with E-state index >= 15 is 0 Å². The van der Waals surface area contributed by atoms with E-state index in [0.29, 0.717) is 11.1 Å². The molecule has 0 unspecified atom stereocenters. The Morgan fingerprint density at radius 3 is 2.76 bits per heavy atom. The zero-order valence-electron chi connectivity index (χ0n) is 11.0. The maximum absolute atomic E-state index is 13.1. The van der Waals surface area contributed by atoms with Gasteiger partial charge in [-0.2, -0.15) is 5.10 Å². The third-order valence-electron chi connectivity index (χ3n) is 3.19. The van der Waals surface area contributed by atoms with Gasteiger partial charge in [-0.1, -0.05) is 18.2 Å². The van der Waals surface area contributed by atoms with Gasteiger partial charge in [0.05, 0.1) is 23.7 Å². The van der Waals surface area contributed by atoms with Crippen LogP contribution in [0.15, 0.2) is 54.9 Å². The molecule has 0 bridgehead atoms. The number of nitrogens with zero attached hydrogens (tertiary/aromatic N) is 2. The van der Waals surface area contributed by atoms with Gasteiger partial charge >= 0.3 is 0 Å². The van der Waals surface area contributed by atoms with Crippen LogP contribution >= 0.6 is 0 Å². The van der Waals surface area contributed by atoms with E-state index in [1.165, 1.54) is 24.4 Å². The standard InChI is InChI=1S/C16H11FN2O2/c17-12-5-3-4-11(8-12)15(20)9-16(21)13-10-18-19-7-2-1-6-14(13)19/h1-8,10H,9H2. The van der Waals surface area contributed by atoms with Gasteiger partial charge in [0.2, 0.25) is 0 Å². The first kappa shape index (κ1) is 13.2. The Balaban J connectivity index is 1.85. The van der Waals surface area contributed by atoms with Crippen LogP contribution in [0.2, 0.25) is 0 Å². The normalized spacial score (nSPS) is 10.7. The highest BCUT2D eigenvalue weighted by Crippen LogP contribution is 2.14. The van der Waals surface area contributed by atoms with E-state index in [2.05, 4.69) is 5.10 Å². The lowest BCUT2D eigenvalue weighted by Crippen LogP contribution is -2.08. The fourth-order valence-electron chi connectivity index (χ4n) is 2.15. The molecule has 0 N–H and O–H groups in total. The second kappa shape index (κ2) is 5.28. The van der Waals surface area contributed by atoms with Gasteiger partial charge in [-0.3, -0.25) is 9.59 Å². The van der Waals surface area contributed by atoms with Crippen molar-refractivity contribution in [3.05, 3.63) is 71.8 Å². The van der Waals surface area contributed by atoms with Crippen molar-refractivity contribution in [2.75, 3.05) is 0 Å². The lowest BCUT2D eigenvalue weighted by atomic mass is 10.0. The van der Waals surface area contributed by atoms with Crippen LogP contribution < -0.4 is 0 Å². The van der Waals surface area contributed by atoms with Crippen LogP contribution in [0.4, 0.5) is 4.39 Å². The van der Waals surface area contributed by atoms with Crippen LogP contribution in [0.25, 0.3) is 5.52 Å². The Hall–Kier alpha value is -2.82. The molecule has 0 radical (unpaired) electrons. The number of carbonyl (C=O) groups is 2. The highest BCUT2D eigenvalue weighted by molar-refractivity contribution is 6.15. The van der Waals surface area contributed by atoms with Gasteiger partial charge in [0.1, 0.15) is 5.82 Å². The molecule has 0 spiro atoms. The molecule has 0 aliphatic heterocycles. The second-order valence-electron chi connectivity index (χ2n) is 4.62. The van der Waals surface area contributed by atoms with E-state index in [4.69, 9.17) is 0 Å². The Morgan fingerprint density at radius 1 is 1.10 bits per heavy atom. The summed E-state index contributed by atoms with van der Waals surface area (Å²) in [5.74, 6) is -1.23. The average molecular weight is 282 g/mol. The summed E-state index contributed by atoms with van der Waals surface area (Å²) in [6.07, 6.45) is 2.86. The SMILES string of the molecule is O=C(CC(=O)c1cnn2ccccc12)c1cccc(F)c1. The molecule has 4 nitrogen and oxygen atoms in total. The predicted molar refractivity (Wildman–Crippen MR) is 74.9 cm³/mol. The lowest BCUT2D eigenvalue weighted by molar-refractivity contribution is 0.0895. The molecule has 3 rings (SSSR count). The highest BCUT2D eigenvalue weighted by atomic mass is 19.1. The molecule has 2 heterocycles. The Labute approximate surface area is 119 Å². The predicted octanol–water partition coefficient (Wildman–Crippen LogP) is 2.93. The monoisotopic (exact) mass is 282 g/mol. The van der Waals surface area contributed by atoms with Crippen LogP contribution in [0.1, 0.15) is 27.1 Å². The number of fused-ring (bicyclic) bond motifs is 1. The molecule has 0 aliphatic rings. The van der Waals surface area contributed by atoms with Gasteiger partial charge < -0.3 is 0 Å². The Bertz CT molecular complexity index is 839. The molecule has 21 heavy (non-hydrogen) atoms. The second-order valence-corrected chi connectivity index (χ2v) is 4.62. The van der Waals surface area contributed by atoms with Crippen LogP contribution in [0.5, 0.6) is 0 Å². The van der Waals surface area contributed by atoms with Crippen molar-refractivity contribution >= 4 is 17.1 Å². The van der Waals surface area contributed by atoms with Gasteiger partial charge in [-0.15, -0.1) is 0 Å². The number of benzene rings is 1. The maximum atomic E-state index is 13.1. The first-order valence-electron chi connectivity index (χ1n) is 6.39. The molecule has 0 saturated carbocycles. The third-order valence-corrected chi connectivity index (χ3v) is 3.19. The van der Waals surface area contributed by atoms with Crippen molar-refractivity contribution in [2.45, 2.75) is 6.42 Å². The number of hydrogen-bond acceptors (Lipinski definition) is 3. The van der Waals surface area contributed by atoms with E-state index < -0.39 is 11.6 Å². The highest BCUT2D eigenvalue weighted by Gasteiger charge is 2.17. The fourth-order valence-corrected chi connectivity index (χ4v) is 2.15. The molecule has 0 amide bonds. The molecule has 0 saturated heterocycles. The van der Waals surface area contributed by atoms with Crippen LogP contribution in [-0.2, 0) is 0 Å². The molecular formula is C16H11FN2O2. The quantitative estimate of drug-likeness (QED) is 0.546. The third kappa shape index (κ3) is 2.58. The van der Waals surface area contributed by atoms with E-state index in [1.807, 2.05) is 0 Å². The average Bonchev–Trinajstić information content (AvgIpc) is 2.91. The molecule has 0 atom stereocenters. The molecule has 0 fully saturated rings. The van der Waals surface area contributed by atoms with Gasteiger partial charge in [0.25, 0.3) is 0 Å². The molecule has 2 aromatic heterocycles. The minimum atomic E-state index is -0.496. The van der Waals surface area contributed by atoms with E-state index in [0.717, 1.165) is 6.07 Å². The summed E-state index contributed by atoms with van der Waals surface area (Å²) < 4.78 is 14.7. The van der Waals surface area contributed by atoms with Crippen LogP contribution in [-0.4, -0.2) is 21.2 Å². The minimum Gasteiger partial charge on any atom is -0.294 e. The maximum Gasteiger partial charge on any atom is 0.174 e. The first-order chi connectivity index (χ1) is 10.1. The lowest BCUT2D eigenvalue weighted by Gasteiger charge is -2.00. The largest absolute Gasteiger partial charge is 0.294 e. The number of carbonyl (C=O) groups excluding carboxylic acids is 2. The molecule has 0 aliphatic carbocycles. The number of Topliss-reactive ketones (excluding diaryl/α,β-unsaturated/α-hetero) is 2. The molecule has 1 aromatic carbocycles. The Kier molecular flexibility index (Phi) is 3.31. The summed E-state index contributed by atoms with van der Waals surface area (Å²) in [7, 11) is 0. The molecule has 3 aromatic rings. The minimum absolute atomic E-state index is 0.194. The van der Waals surface area contributed by atoms with E-state index in [1.54, 1.807) is 28.9 Å². The van der Waals surface area contributed by atoms with Crippen LogP contribution in [0.3, 0.4) is 0 Å². The fraction of sp³-hybridized carbons (Fsp3) is 0.0625. The van der Waals surface area contributed by atoms with Crippen molar-refractivity contribution in [1.82, 2.24) is 9.61 Å². The summed E-state index contributed by atoms with van der Waals surface area (Å²) in [6, 6.07) is 10.7. The Morgan fingerprint density at radius 2 is 1.95 bits per heavy atom. The first-order valence-corrected chi connectivity index (χ1v) is 6.39. The topological polar surface area (TPSA) is 51.4 Å². The van der Waals surface area contributed by atoms with Crippen LogP contribution in [0, 0.1) is 5.82 Å². The summed E-state index contributed by atoms with van der Waals surface area (Å²) in [5, 5.41) is 4.06. The summed E-state index contributed by atoms with van der Waals surface area (Å²) in [6.45, 7) is 0. The molecular weight excluding hydrogens is 271 g/mol. The van der Waals surface area contributed by atoms with Crippen molar-refractivity contribution in [1.29, 1.82) is 0 Å². The molecule has 104 valence electrons. The number of halogens is 1. The summed E-state index contributed by atoms with van der Waals surface area (Å²) in [4.78, 5) is 24.2. The number of hydrogen-bond donors (Lipinski definition) is 0. The number of pyridine rings is 1. The van der Waals surface area contributed by atoms with Crippen molar-refractivity contribution in [3.63, 3.8) is 0 Å². The number of ketones is 2. The summed E-state index contributed by atoms with van der Waals surface area (Å²) in [5.41, 5.74) is 1.23. The van der Waals surface area contributed by atoms with Crippen molar-refractivity contribution in [2.24, 2.45) is 0 Å². The van der Waals surface area contributed by atoms with Crippen molar-refractivity contribution in [3.8, 4) is 0 Å². The van der Waals surface area contributed by atoms with Gasteiger partial charge in [-0.05, 0) is 24.3 Å². The van der Waals surface area contributed by atoms with E-state index in [-0.39, 0.29) is 17.8 Å². The molecule has 5 heteroatoms.